The van der Waals surface area contributed by atoms with Crippen molar-refractivity contribution >= 4 is 45.0 Å². The molecule has 1 saturated heterocycles. The van der Waals surface area contributed by atoms with Crippen LogP contribution in [0.2, 0.25) is 0 Å². The summed E-state index contributed by atoms with van der Waals surface area (Å²) in [6.45, 7) is 6.47. The number of halogens is 1. The Hall–Kier alpha value is -2.40. The van der Waals surface area contributed by atoms with E-state index in [1.54, 1.807) is 32.1 Å². The fraction of sp³-hybridized carbons (Fsp3) is 0.476. The Balaban J connectivity index is 0.00000289. The highest BCUT2D eigenvalue weighted by Gasteiger charge is 2.26. The molecule has 174 valence electrons. The van der Waals surface area contributed by atoms with Gasteiger partial charge in [0.2, 0.25) is 5.76 Å². The van der Waals surface area contributed by atoms with E-state index in [0.717, 1.165) is 44.0 Å². The van der Waals surface area contributed by atoms with Gasteiger partial charge in [-0.25, -0.2) is 4.98 Å². The summed E-state index contributed by atoms with van der Waals surface area (Å²) in [5, 5.41) is 4.43. The molecule has 2 aromatic heterocycles. The van der Waals surface area contributed by atoms with Crippen molar-refractivity contribution in [1.82, 2.24) is 15.0 Å². The Morgan fingerprint density at radius 2 is 1.94 bits per heavy atom. The van der Waals surface area contributed by atoms with Gasteiger partial charge in [-0.05, 0) is 25.5 Å². The number of fused-ring (bicyclic) bond motifs is 1. The zero-order chi connectivity index (χ0) is 21.8. The highest BCUT2D eigenvalue weighted by atomic mass is 35.5. The number of morpholine rings is 1. The highest BCUT2D eigenvalue weighted by Crippen LogP contribution is 2.40. The van der Waals surface area contributed by atoms with E-state index in [1.165, 1.54) is 11.3 Å². The summed E-state index contributed by atoms with van der Waals surface area (Å²) in [6, 6.07) is 5.30. The quantitative estimate of drug-likeness (QED) is 0.482. The van der Waals surface area contributed by atoms with E-state index in [-0.39, 0.29) is 24.1 Å². The van der Waals surface area contributed by atoms with Gasteiger partial charge in [0.05, 0.1) is 33.1 Å². The van der Waals surface area contributed by atoms with Crippen LogP contribution in [0.3, 0.4) is 0 Å². The number of thiazole rings is 1. The first-order valence-electron chi connectivity index (χ1n) is 10.2. The first kappa shape index (κ1) is 24.2. The molecule has 0 spiro atoms. The molecule has 0 atom stereocenters. The summed E-state index contributed by atoms with van der Waals surface area (Å²) in [4.78, 5) is 22.0. The number of benzene rings is 1. The Kier molecular flexibility index (Phi) is 8.30. The number of rotatable bonds is 8. The van der Waals surface area contributed by atoms with E-state index < -0.39 is 0 Å². The third-order valence-corrected chi connectivity index (χ3v) is 6.27. The van der Waals surface area contributed by atoms with Crippen LogP contribution in [-0.2, 0) is 4.74 Å². The van der Waals surface area contributed by atoms with Crippen molar-refractivity contribution in [3.05, 3.63) is 29.7 Å². The minimum Gasteiger partial charge on any atom is -0.495 e. The number of methoxy groups -OCH3 is 2. The molecular formula is C21H27ClN4O5S. The van der Waals surface area contributed by atoms with Crippen LogP contribution in [0.4, 0.5) is 5.13 Å². The molecule has 1 aliphatic rings. The molecule has 0 bridgehead atoms. The number of hydrogen-bond acceptors (Lipinski definition) is 9. The summed E-state index contributed by atoms with van der Waals surface area (Å²) >= 11 is 1.40. The second kappa shape index (κ2) is 11.0. The van der Waals surface area contributed by atoms with Crippen molar-refractivity contribution in [1.29, 1.82) is 0 Å². The Labute approximate surface area is 196 Å². The lowest BCUT2D eigenvalue weighted by atomic mass is 10.3. The molecule has 0 saturated carbocycles. The van der Waals surface area contributed by atoms with Crippen molar-refractivity contribution < 1.29 is 23.5 Å². The molecule has 0 N–H and O–H groups in total. The van der Waals surface area contributed by atoms with Gasteiger partial charge in [-0.15, -0.1) is 12.4 Å². The average molecular weight is 483 g/mol. The maximum absolute atomic E-state index is 13.3. The molecule has 3 aromatic rings. The minimum absolute atomic E-state index is 0. The van der Waals surface area contributed by atoms with Gasteiger partial charge in [0.15, 0.2) is 5.13 Å². The molecule has 32 heavy (non-hydrogen) atoms. The Bertz CT molecular complexity index is 1010. The van der Waals surface area contributed by atoms with Gasteiger partial charge in [-0.3, -0.25) is 14.6 Å². The van der Waals surface area contributed by atoms with Gasteiger partial charge in [-0.1, -0.05) is 16.5 Å². The minimum atomic E-state index is -0.264. The maximum Gasteiger partial charge on any atom is 0.298 e. The second-order valence-corrected chi connectivity index (χ2v) is 8.22. The SMILES string of the molecule is COc1ccc(OC)c2sc(N(CCCN3CCOCC3)C(=O)c3cc(C)no3)nc12.Cl. The van der Waals surface area contributed by atoms with Gasteiger partial charge in [0.1, 0.15) is 21.7 Å². The summed E-state index contributed by atoms with van der Waals surface area (Å²) in [5.74, 6) is 1.26. The van der Waals surface area contributed by atoms with Crippen LogP contribution in [0.1, 0.15) is 22.7 Å². The molecule has 1 aliphatic heterocycles. The standard InChI is InChI=1S/C21H26N4O5S.ClH/c1-14-13-17(30-23-14)20(26)25(8-4-7-24-9-11-29-12-10-24)21-22-18-15(27-2)5-6-16(28-3)19(18)31-21;/h5-6,13H,4,7-12H2,1-3H3;1H. The molecule has 4 rings (SSSR count). The second-order valence-electron chi connectivity index (χ2n) is 7.24. The van der Waals surface area contributed by atoms with Gasteiger partial charge in [0.25, 0.3) is 5.91 Å². The Morgan fingerprint density at radius 1 is 1.22 bits per heavy atom. The van der Waals surface area contributed by atoms with Crippen LogP contribution >= 0.6 is 23.7 Å². The lowest BCUT2D eigenvalue weighted by Gasteiger charge is -2.27. The first-order valence-corrected chi connectivity index (χ1v) is 11.0. The largest absolute Gasteiger partial charge is 0.495 e. The van der Waals surface area contributed by atoms with Crippen molar-refractivity contribution in [2.75, 3.05) is 58.5 Å². The smallest absolute Gasteiger partial charge is 0.298 e. The number of nitrogens with zero attached hydrogens (tertiary/aromatic N) is 4. The molecule has 9 nitrogen and oxygen atoms in total. The number of aryl methyl sites for hydroxylation is 1. The summed E-state index contributed by atoms with van der Waals surface area (Å²) in [7, 11) is 3.21. The van der Waals surface area contributed by atoms with Gasteiger partial charge in [0, 0.05) is 32.2 Å². The fourth-order valence-corrected chi connectivity index (χ4v) is 4.65. The van der Waals surface area contributed by atoms with Crippen LogP contribution in [0.25, 0.3) is 10.2 Å². The van der Waals surface area contributed by atoms with Crippen LogP contribution in [-0.4, -0.2) is 74.6 Å². The third-order valence-electron chi connectivity index (χ3n) is 5.17. The van der Waals surface area contributed by atoms with Crippen molar-refractivity contribution in [3.8, 4) is 11.5 Å². The molecule has 1 fully saturated rings. The van der Waals surface area contributed by atoms with Crippen LogP contribution < -0.4 is 14.4 Å². The molecule has 1 amide bonds. The zero-order valence-corrected chi connectivity index (χ0v) is 20.0. The number of anilines is 1. The number of carbonyl (C=O) groups is 1. The molecular weight excluding hydrogens is 456 g/mol. The molecule has 0 unspecified atom stereocenters. The maximum atomic E-state index is 13.3. The van der Waals surface area contributed by atoms with E-state index in [0.29, 0.717) is 34.4 Å². The van der Waals surface area contributed by atoms with Crippen LogP contribution in [0, 0.1) is 6.92 Å². The van der Waals surface area contributed by atoms with Crippen molar-refractivity contribution in [2.24, 2.45) is 0 Å². The van der Waals surface area contributed by atoms with Gasteiger partial charge < -0.3 is 18.7 Å². The zero-order valence-electron chi connectivity index (χ0n) is 18.3. The number of hydrogen-bond donors (Lipinski definition) is 0. The lowest BCUT2D eigenvalue weighted by Crippen LogP contribution is -2.39. The monoisotopic (exact) mass is 482 g/mol. The number of amides is 1. The topological polar surface area (TPSA) is 90.2 Å². The molecule has 0 radical (unpaired) electrons. The highest BCUT2D eigenvalue weighted by molar-refractivity contribution is 7.22. The fourth-order valence-electron chi connectivity index (χ4n) is 3.55. The van der Waals surface area contributed by atoms with Crippen LogP contribution in [0.5, 0.6) is 11.5 Å². The summed E-state index contributed by atoms with van der Waals surface area (Å²) < 4.78 is 22.5. The third kappa shape index (κ3) is 5.15. The lowest BCUT2D eigenvalue weighted by molar-refractivity contribution is 0.0376. The van der Waals surface area contributed by atoms with Gasteiger partial charge >= 0.3 is 0 Å². The summed E-state index contributed by atoms with van der Waals surface area (Å²) in [5.41, 5.74) is 1.32. The molecule has 11 heteroatoms. The van der Waals surface area contributed by atoms with Crippen molar-refractivity contribution in [3.63, 3.8) is 0 Å². The number of carbonyl (C=O) groups excluding carboxylic acids is 1. The van der Waals surface area contributed by atoms with E-state index in [9.17, 15) is 4.79 Å². The summed E-state index contributed by atoms with van der Waals surface area (Å²) in [6.07, 6.45) is 0.795. The van der Waals surface area contributed by atoms with E-state index in [2.05, 4.69) is 10.1 Å². The first-order chi connectivity index (χ1) is 15.1. The van der Waals surface area contributed by atoms with Crippen molar-refractivity contribution in [2.45, 2.75) is 13.3 Å². The predicted octanol–water partition coefficient (Wildman–Crippen LogP) is 3.40. The average Bonchev–Trinajstić information content (AvgIpc) is 3.43. The predicted molar refractivity (Wildman–Crippen MR) is 125 cm³/mol. The van der Waals surface area contributed by atoms with Crippen LogP contribution in [0.15, 0.2) is 22.7 Å². The van der Waals surface area contributed by atoms with E-state index in [1.807, 2.05) is 12.1 Å². The van der Waals surface area contributed by atoms with Gasteiger partial charge in [-0.2, -0.15) is 0 Å². The molecule has 1 aromatic carbocycles. The van der Waals surface area contributed by atoms with E-state index in [4.69, 9.17) is 23.7 Å². The Morgan fingerprint density at radius 3 is 2.59 bits per heavy atom. The number of ether oxygens (including phenoxy) is 3. The number of aromatic nitrogens is 2. The van der Waals surface area contributed by atoms with E-state index >= 15 is 0 Å². The normalized spacial score (nSPS) is 14.2. The molecule has 0 aliphatic carbocycles. The molecule has 3 heterocycles.